The smallest absolute Gasteiger partial charge is 0.220 e. The van der Waals surface area contributed by atoms with Gasteiger partial charge >= 0.3 is 0 Å². The molecule has 0 aliphatic heterocycles. The van der Waals surface area contributed by atoms with Crippen molar-refractivity contribution in [2.75, 3.05) is 13.7 Å². The Balaban J connectivity index is 2.47. The largest absolute Gasteiger partial charge is 0.383 e. The van der Waals surface area contributed by atoms with Crippen LogP contribution in [0.4, 0.5) is 0 Å². The summed E-state index contributed by atoms with van der Waals surface area (Å²) < 4.78 is 6.84. The Morgan fingerprint density at radius 1 is 1.50 bits per heavy atom. The maximum absolute atomic E-state index is 11.7. The summed E-state index contributed by atoms with van der Waals surface area (Å²) in [5.41, 5.74) is 3.31. The molecule has 0 aromatic carbocycles. The number of nitrogens with one attached hydrogen (secondary N) is 1. The van der Waals surface area contributed by atoms with Crippen LogP contribution >= 0.6 is 0 Å². The van der Waals surface area contributed by atoms with Crippen LogP contribution < -0.4 is 5.32 Å². The van der Waals surface area contributed by atoms with Crippen LogP contribution in [0.2, 0.25) is 0 Å². The van der Waals surface area contributed by atoms with Crippen LogP contribution in [0, 0.1) is 13.8 Å². The van der Waals surface area contributed by atoms with E-state index in [0.29, 0.717) is 13.0 Å². The number of nitrogens with zero attached hydrogens (tertiary/aromatic N) is 2. The highest BCUT2D eigenvalue weighted by atomic mass is 16.5. The van der Waals surface area contributed by atoms with Crippen LogP contribution in [-0.2, 0) is 23.0 Å². The lowest BCUT2D eigenvalue weighted by molar-refractivity contribution is -0.122. The minimum atomic E-state index is 0.0543. The van der Waals surface area contributed by atoms with Gasteiger partial charge in [0.15, 0.2) is 0 Å². The summed E-state index contributed by atoms with van der Waals surface area (Å²) in [4.78, 5) is 11.7. The average Bonchev–Trinajstić information content (AvgIpc) is 2.51. The van der Waals surface area contributed by atoms with E-state index in [9.17, 15) is 4.79 Å². The maximum Gasteiger partial charge on any atom is 0.220 e. The highest BCUT2D eigenvalue weighted by molar-refractivity contribution is 5.76. The van der Waals surface area contributed by atoms with Gasteiger partial charge < -0.3 is 10.1 Å². The van der Waals surface area contributed by atoms with Crippen molar-refractivity contribution in [1.29, 1.82) is 0 Å². The quantitative estimate of drug-likeness (QED) is 0.826. The van der Waals surface area contributed by atoms with Gasteiger partial charge in [-0.1, -0.05) is 0 Å². The van der Waals surface area contributed by atoms with Gasteiger partial charge in [0.2, 0.25) is 5.91 Å². The molecule has 0 radical (unpaired) electrons. The minimum Gasteiger partial charge on any atom is -0.383 e. The molecule has 102 valence electrons. The summed E-state index contributed by atoms with van der Waals surface area (Å²) in [5, 5.41) is 7.25. The second-order valence-electron chi connectivity index (χ2n) is 4.70. The highest BCUT2D eigenvalue weighted by Gasteiger charge is 2.12. The van der Waals surface area contributed by atoms with Crippen LogP contribution in [0.1, 0.15) is 30.3 Å². The molecule has 1 aromatic rings. The Bertz CT molecular complexity index is 413. The van der Waals surface area contributed by atoms with E-state index in [1.54, 1.807) is 7.11 Å². The number of carbonyl (C=O) groups excluding carboxylic acids is 1. The van der Waals surface area contributed by atoms with E-state index in [1.165, 1.54) is 5.56 Å². The summed E-state index contributed by atoms with van der Waals surface area (Å²) >= 11 is 0. The van der Waals surface area contributed by atoms with E-state index in [0.717, 1.165) is 17.8 Å². The number of rotatable bonds is 6. The fraction of sp³-hybridized carbons (Fsp3) is 0.692. The predicted octanol–water partition coefficient (Wildman–Crippen LogP) is 1.12. The van der Waals surface area contributed by atoms with Crippen LogP contribution in [0.3, 0.4) is 0 Å². The van der Waals surface area contributed by atoms with Crippen molar-refractivity contribution in [2.45, 2.75) is 39.7 Å². The average molecular weight is 253 g/mol. The third-order valence-electron chi connectivity index (χ3n) is 3.08. The molecule has 0 aliphatic carbocycles. The summed E-state index contributed by atoms with van der Waals surface area (Å²) in [5.74, 6) is 0.0576. The molecule has 5 nitrogen and oxygen atoms in total. The second kappa shape index (κ2) is 6.54. The second-order valence-corrected chi connectivity index (χ2v) is 4.70. The van der Waals surface area contributed by atoms with Crippen LogP contribution in [-0.4, -0.2) is 35.4 Å². The van der Waals surface area contributed by atoms with E-state index in [2.05, 4.69) is 10.4 Å². The molecular weight excluding hydrogens is 230 g/mol. The standard InChI is InChI=1S/C13H23N3O2/c1-9(8-18-5)14-13(17)7-6-12-10(2)15-16(4)11(12)3/h9H,6-8H2,1-5H3,(H,14,17)/t9-/m0/s1. The van der Waals surface area contributed by atoms with Crippen molar-refractivity contribution in [3.63, 3.8) is 0 Å². The van der Waals surface area contributed by atoms with Gasteiger partial charge in [0.05, 0.1) is 12.3 Å². The lowest BCUT2D eigenvalue weighted by Crippen LogP contribution is -2.35. The molecule has 0 unspecified atom stereocenters. The van der Waals surface area contributed by atoms with E-state index in [1.807, 2.05) is 32.5 Å². The Morgan fingerprint density at radius 2 is 2.17 bits per heavy atom. The molecule has 5 heteroatoms. The number of methoxy groups -OCH3 is 1. The maximum atomic E-state index is 11.7. The third-order valence-corrected chi connectivity index (χ3v) is 3.08. The summed E-state index contributed by atoms with van der Waals surface area (Å²) in [7, 11) is 3.55. The number of hydrogen-bond acceptors (Lipinski definition) is 3. The lowest BCUT2D eigenvalue weighted by atomic mass is 10.1. The first-order valence-corrected chi connectivity index (χ1v) is 6.23. The van der Waals surface area contributed by atoms with Crippen LogP contribution in [0.25, 0.3) is 0 Å². The van der Waals surface area contributed by atoms with Crippen LogP contribution in [0.15, 0.2) is 0 Å². The molecule has 1 N–H and O–H groups in total. The SMILES string of the molecule is COC[C@H](C)NC(=O)CCc1c(C)nn(C)c1C. The Labute approximate surface area is 109 Å². The van der Waals surface area contributed by atoms with Gasteiger partial charge in [0, 0.05) is 32.3 Å². The molecular formula is C13H23N3O2. The van der Waals surface area contributed by atoms with Crippen molar-refractivity contribution in [3.05, 3.63) is 17.0 Å². The third kappa shape index (κ3) is 3.84. The van der Waals surface area contributed by atoms with Gasteiger partial charge in [0.1, 0.15) is 0 Å². The number of ether oxygens (including phenoxy) is 1. The number of carbonyl (C=O) groups is 1. The Hall–Kier alpha value is -1.36. The van der Waals surface area contributed by atoms with E-state index >= 15 is 0 Å². The van der Waals surface area contributed by atoms with Crippen LogP contribution in [0.5, 0.6) is 0 Å². The molecule has 1 heterocycles. The molecule has 0 spiro atoms. The number of aryl methyl sites for hydroxylation is 2. The first-order valence-electron chi connectivity index (χ1n) is 6.23. The lowest BCUT2D eigenvalue weighted by Gasteiger charge is -2.12. The van der Waals surface area contributed by atoms with Crippen molar-refractivity contribution < 1.29 is 9.53 Å². The van der Waals surface area contributed by atoms with E-state index in [4.69, 9.17) is 4.74 Å². The topological polar surface area (TPSA) is 56.1 Å². The summed E-state index contributed by atoms with van der Waals surface area (Å²) in [6.45, 7) is 6.48. The van der Waals surface area contributed by atoms with Gasteiger partial charge in [-0.2, -0.15) is 5.10 Å². The predicted molar refractivity (Wildman–Crippen MR) is 70.5 cm³/mol. The van der Waals surface area contributed by atoms with E-state index in [-0.39, 0.29) is 11.9 Å². The zero-order valence-electron chi connectivity index (χ0n) is 11.9. The Morgan fingerprint density at radius 3 is 2.67 bits per heavy atom. The molecule has 0 bridgehead atoms. The number of aromatic nitrogens is 2. The molecule has 18 heavy (non-hydrogen) atoms. The molecule has 1 amide bonds. The molecule has 1 rings (SSSR count). The number of hydrogen-bond donors (Lipinski definition) is 1. The van der Waals surface area contributed by atoms with Gasteiger partial charge in [-0.05, 0) is 32.8 Å². The highest BCUT2D eigenvalue weighted by Crippen LogP contribution is 2.13. The first-order chi connectivity index (χ1) is 8.45. The zero-order valence-corrected chi connectivity index (χ0v) is 11.9. The molecule has 0 saturated carbocycles. The fourth-order valence-electron chi connectivity index (χ4n) is 2.06. The molecule has 0 fully saturated rings. The van der Waals surface area contributed by atoms with Crippen molar-refractivity contribution in [1.82, 2.24) is 15.1 Å². The van der Waals surface area contributed by atoms with Gasteiger partial charge in [0.25, 0.3) is 0 Å². The first kappa shape index (κ1) is 14.7. The fourth-order valence-corrected chi connectivity index (χ4v) is 2.06. The Kier molecular flexibility index (Phi) is 5.34. The number of amides is 1. The van der Waals surface area contributed by atoms with Gasteiger partial charge in [-0.3, -0.25) is 9.48 Å². The van der Waals surface area contributed by atoms with Gasteiger partial charge in [-0.25, -0.2) is 0 Å². The molecule has 1 aromatic heterocycles. The van der Waals surface area contributed by atoms with Crippen molar-refractivity contribution >= 4 is 5.91 Å². The summed E-state index contributed by atoms with van der Waals surface area (Å²) in [6.07, 6.45) is 1.22. The van der Waals surface area contributed by atoms with Crippen molar-refractivity contribution in [3.8, 4) is 0 Å². The molecule has 1 atom stereocenters. The normalized spacial score (nSPS) is 12.5. The monoisotopic (exact) mass is 253 g/mol. The van der Waals surface area contributed by atoms with Gasteiger partial charge in [-0.15, -0.1) is 0 Å². The van der Waals surface area contributed by atoms with E-state index < -0.39 is 0 Å². The molecule has 0 aliphatic rings. The molecule has 0 saturated heterocycles. The summed E-state index contributed by atoms with van der Waals surface area (Å²) in [6, 6.07) is 0.0543. The minimum absolute atomic E-state index is 0.0543. The zero-order chi connectivity index (χ0) is 13.7. The van der Waals surface area contributed by atoms with Crippen molar-refractivity contribution in [2.24, 2.45) is 7.05 Å².